The third-order valence-corrected chi connectivity index (χ3v) is 9.45. The Kier molecular flexibility index (Phi) is 13.4. The van der Waals surface area contributed by atoms with E-state index in [4.69, 9.17) is 9.47 Å². The van der Waals surface area contributed by atoms with E-state index in [1.165, 1.54) is 19.3 Å². The van der Waals surface area contributed by atoms with Crippen LogP contribution in [0.4, 0.5) is 0 Å². The van der Waals surface area contributed by atoms with Gasteiger partial charge in [0.1, 0.15) is 13.2 Å². The molecule has 0 aromatic heterocycles. The number of rotatable bonds is 15. The van der Waals surface area contributed by atoms with E-state index in [1.807, 2.05) is 60.5 Å². The van der Waals surface area contributed by atoms with Crippen LogP contribution in [0.25, 0.3) is 0 Å². The van der Waals surface area contributed by atoms with Crippen LogP contribution in [-0.4, -0.2) is 32.9 Å². The molecule has 0 amide bonds. The monoisotopic (exact) mass is 647 g/mol. The van der Waals surface area contributed by atoms with Gasteiger partial charge in [0, 0.05) is 29.8 Å². The fourth-order valence-corrected chi connectivity index (χ4v) is 7.19. The molecule has 4 aromatic rings. The van der Waals surface area contributed by atoms with Gasteiger partial charge in [-0.25, -0.2) is 4.31 Å². The molecule has 2 unspecified atom stereocenters. The smallest absolute Gasteiger partial charge is 0.161 e. The number of nitrogens with zero attached hydrogens (tertiary/aromatic N) is 1. The van der Waals surface area contributed by atoms with Gasteiger partial charge in [0.05, 0.1) is 0 Å². The molecule has 0 saturated carbocycles. The van der Waals surface area contributed by atoms with Crippen molar-refractivity contribution in [3.63, 3.8) is 0 Å². The minimum absolute atomic E-state index is 0. The van der Waals surface area contributed by atoms with Gasteiger partial charge in [0.15, 0.2) is 23.0 Å². The van der Waals surface area contributed by atoms with Crippen LogP contribution in [0.3, 0.4) is 0 Å². The van der Waals surface area contributed by atoms with Crippen LogP contribution in [0.5, 0.6) is 23.0 Å². The number of phenols is 2. The van der Waals surface area contributed by atoms with Crippen molar-refractivity contribution in [1.29, 1.82) is 0 Å². The minimum atomic E-state index is -0.0585. The van der Waals surface area contributed by atoms with Crippen molar-refractivity contribution in [2.75, 3.05) is 12.3 Å². The lowest BCUT2D eigenvalue weighted by Gasteiger charge is -2.41. The molecule has 0 bridgehead atoms. The summed E-state index contributed by atoms with van der Waals surface area (Å²) in [5.74, 6) is 2.35. The van der Waals surface area contributed by atoms with Crippen LogP contribution in [0.1, 0.15) is 79.7 Å². The van der Waals surface area contributed by atoms with Crippen molar-refractivity contribution in [3.05, 3.63) is 119 Å². The van der Waals surface area contributed by atoms with E-state index < -0.39 is 0 Å². The maximum atomic E-state index is 10.9. The predicted octanol–water partition coefficient (Wildman–Crippen LogP) is 9.67. The molecule has 5 nitrogen and oxygen atoms in total. The van der Waals surface area contributed by atoms with E-state index in [-0.39, 0.29) is 35.9 Å². The Hall–Kier alpha value is -3.32. The molecule has 2 N–H and O–H groups in total. The lowest BCUT2D eigenvalue weighted by atomic mass is 9.75. The molecule has 0 fully saturated rings. The number of fused-ring (bicyclic) bond motifs is 1. The number of aromatic hydroxyl groups is 2. The molecule has 1 aliphatic carbocycles. The highest BCUT2D eigenvalue weighted by Crippen LogP contribution is 2.47. The summed E-state index contributed by atoms with van der Waals surface area (Å²) < 4.78 is 15.4. The second kappa shape index (κ2) is 17.4. The molecule has 0 radical (unpaired) electrons. The first-order valence-corrected chi connectivity index (χ1v) is 16.9. The lowest BCUT2D eigenvalue weighted by Crippen LogP contribution is -2.39. The van der Waals surface area contributed by atoms with E-state index >= 15 is 0 Å². The van der Waals surface area contributed by atoms with Crippen molar-refractivity contribution >= 4 is 24.4 Å². The quantitative estimate of drug-likeness (QED) is 0.0761. The number of unbranched alkanes of at least 4 members (excludes halogenated alkanes) is 3. The van der Waals surface area contributed by atoms with Gasteiger partial charge in [-0.3, -0.25) is 0 Å². The second-order valence-corrected chi connectivity index (χ2v) is 12.8. The molecule has 0 spiro atoms. The van der Waals surface area contributed by atoms with E-state index in [2.05, 4.69) is 54.6 Å². The summed E-state index contributed by atoms with van der Waals surface area (Å²) >= 11 is 1.91. The highest BCUT2D eigenvalue weighted by Gasteiger charge is 2.37. The second-order valence-electron chi connectivity index (χ2n) is 11.5. The third kappa shape index (κ3) is 8.90. The fraction of sp³-hybridized carbons (Fsp3) is 0.368. The average Bonchev–Trinajstić information content (AvgIpc) is 3.06. The lowest BCUT2D eigenvalue weighted by molar-refractivity contribution is 0.254. The van der Waals surface area contributed by atoms with Gasteiger partial charge in [-0.2, -0.15) is 0 Å². The van der Waals surface area contributed by atoms with Crippen LogP contribution < -0.4 is 9.47 Å². The van der Waals surface area contributed by atoms with Crippen LogP contribution in [0.15, 0.2) is 91.0 Å². The number of ether oxygens (including phenoxy) is 2. The standard InChI is InChI=1S/C38H45NO4S.ClH/c1-3-5-6-13-24-39(44-4-2)33-21-19-32-31(20-22-34(40)38(32)41)37(33)30-18-23-35(42-26-28-14-9-7-10-15-28)36(25-30)43-27-29-16-11-8-12-17-29;/h7-12,14-18,20,22-23,25,33,37,40-41H,3-6,13,19,21,24,26-27H2,1-2H3;1H. The molecule has 4 aromatic carbocycles. The van der Waals surface area contributed by atoms with Crippen LogP contribution in [-0.2, 0) is 19.6 Å². The summed E-state index contributed by atoms with van der Waals surface area (Å²) in [7, 11) is 0. The molecule has 240 valence electrons. The van der Waals surface area contributed by atoms with E-state index in [1.54, 1.807) is 6.07 Å². The molecule has 0 saturated heterocycles. The molecule has 0 heterocycles. The number of hydrogen-bond acceptors (Lipinski definition) is 6. The van der Waals surface area contributed by atoms with Crippen molar-refractivity contribution in [2.45, 2.75) is 77.5 Å². The summed E-state index contributed by atoms with van der Waals surface area (Å²) in [4.78, 5) is 0. The van der Waals surface area contributed by atoms with Gasteiger partial charge in [-0.15, -0.1) is 12.4 Å². The molecule has 45 heavy (non-hydrogen) atoms. The van der Waals surface area contributed by atoms with Gasteiger partial charge in [0.2, 0.25) is 0 Å². The summed E-state index contributed by atoms with van der Waals surface area (Å²) in [5.41, 5.74) is 5.21. The first-order valence-electron chi connectivity index (χ1n) is 16.0. The number of halogens is 1. The Morgan fingerprint density at radius 2 is 1.44 bits per heavy atom. The number of hydrogen-bond donors (Lipinski definition) is 2. The Balaban J connectivity index is 0.00000461. The van der Waals surface area contributed by atoms with Gasteiger partial charge in [0.25, 0.3) is 0 Å². The largest absolute Gasteiger partial charge is 0.504 e. The number of phenolic OH excluding ortho intramolecular Hbond substituents is 2. The van der Waals surface area contributed by atoms with E-state index in [0.29, 0.717) is 24.7 Å². The Morgan fingerprint density at radius 1 is 0.778 bits per heavy atom. The minimum Gasteiger partial charge on any atom is -0.504 e. The molecule has 2 atom stereocenters. The van der Waals surface area contributed by atoms with Crippen molar-refractivity contribution in [2.24, 2.45) is 0 Å². The van der Waals surface area contributed by atoms with Gasteiger partial charge in [-0.05, 0) is 59.7 Å². The fourth-order valence-electron chi connectivity index (χ4n) is 6.18. The Morgan fingerprint density at radius 3 is 2.09 bits per heavy atom. The topological polar surface area (TPSA) is 62.2 Å². The van der Waals surface area contributed by atoms with E-state index in [9.17, 15) is 10.2 Å². The molecule has 5 rings (SSSR count). The summed E-state index contributed by atoms with van der Waals surface area (Å²) in [6.07, 6.45) is 6.47. The Labute approximate surface area is 279 Å². The SMILES string of the molecule is CCCCCCN(SCC)C1CCc2c(ccc(O)c2O)C1c1ccc(OCc2ccccc2)c(OCc2ccccc2)c1.Cl. The predicted molar refractivity (Wildman–Crippen MR) is 188 cm³/mol. The summed E-state index contributed by atoms with van der Waals surface area (Å²) in [5, 5.41) is 21.3. The normalized spacial score (nSPS) is 15.7. The molecular weight excluding hydrogens is 602 g/mol. The molecular formula is C38H46ClNO4S. The van der Waals surface area contributed by atoms with Crippen molar-refractivity contribution in [1.82, 2.24) is 4.31 Å². The van der Waals surface area contributed by atoms with Crippen LogP contribution in [0, 0.1) is 0 Å². The molecule has 7 heteroatoms. The summed E-state index contributed by atoms with van der Waals surface area (Å²) in [6.45, 7) is 6.37. The van der Waals surface area contributed by atoms with Gasteiger partial charge >= 0.3 is 0 Å². The highest BCUT2D eigenvalue weighted by atomic mass is 35.5. The zero-order valence-electron chi connectivity index (χ0n) is 26.4. The highest BCUT2D eigenvalue weighted by molar-refractivity contribution is 7.97. The van der Waals surface area contributed by atoms with Crippen LogP contribution in [0.2, 0.25) is 0 Å². The average molecular weight is 648 g/mol. The van der Waals surface area contributed by atoms with Gasteiger partial charge in [-0.1, -0.05) is 118 Å². The van der Waals surface area contributed by atoms with Crippen molar-refractivity contribution < 1.29 is 19.7 Å². The maximum absolute atomic E-state index is 10.9. The van der Waals surface area contributed by atoms with Gasteiger partial charge < -0.3 is 19.7 Å². The summed E-state index contributed by atoms with van der Waals surface area (Å²) in [6, 6.07) is 30.5. The molecule has 1 aliphatic rings. The van der Waals surface area contributed by atoms with E-state index in [0.717, 1.165) is 59.4 Å². The zero-order valence-corrected chi connectivity index (χ0v) is 28.0. The first kappa shape index (κ1) is 34.6. The first-order chi connectivity index (χ1) is 21.6. The maximum Gasteiger partial charge on any atom is 0.161 e. The Bertz CT molecular complexity index is 1470. The third-order valence-electron chi connectivity index (χ3n) is 8.41. The number of benzene rings is 4. The van der Waals surface area contributed by atoms with Crippen molar-refractivity contribution in [3.8, 4) is 23.0 Å². The zero-order chi connectivity index (χ0) is 30.7. The molecule has 0 aliphatic heterocycles. The van der Waals surface area contributed by atoms with Crippen LogP contribution >= 0.6 is 24.4 Å².